The molecule has 0 spiro atoms. The van der Waals surface area contributed by atoms with Crippen LogP contribution in [-0.4, -0.2) is 6.54 Å². The summed E-state index contributed by atoms with van der Waals surface area (Å²) in [5.41, 5.74) is 1.09. The first-order valence-corrected chi connectivity index (χ1v) is 5.93. The van der Waals surface area contributed by atoms with Crippen LogP contribution in [0.4, 0.5) is 8.78 Å². The Morgan fingerprint density at radius 1 is 1.22 bits per heavy atom. The van der Waals surface area contributed by atoms with Crippen LogP contribution in [0.2, 0.25) is 5.02 Å². The van der Waals surface area contributed by atoms with Crippen LogP contribution in [0.25, 0.3) is 11.1 Å². The lowest BCUT2D eigenvalue weighted by Gasteiger charge is -2.06. The molecule has 0 atom stereocenters. The van der Waals surface area contributed by atoms with Gasteiger partial charge in [-0.15, -0.1) is 0 Å². The average Bonchev–Trinajstić information content (AvgIpc) is 2.79. The van der Waals surface area contributed by atoms with Crippen molar-refractivity contribution in [1.29, 1.82) is 0 Å². The van der Waals surface area contributed by atoms with Crippen LogP contribution in [-0.2, 0) is 6.54 Å². The molecule has 0 radical (unpaired) electrons. The molecular formula is C13H12ClF2NO. The Balaban J connectivity index is 2.42. The third kappa shape index (κ3) is 2.54. The van der Waals surface area contributed by atoms with Gasteiger partial charge in [-0.2, -0.15) is 0 Å². The molecule has 18 heavy (non-hydrogen) atoms. The molecule has 0 saturated heterocycles. The number of rotatable bonds is 4. The van der Waals surface area contributed by atoms with Gasteiger partial charge in [0.2, 0.25) is 0 Å². The van der Waals surface area contributed by atoms with Gasteiger partial charge in [-0.25, -0.2) is 8.78 Å². The first-order valence-electron chi connectivity index (χ1n) is 5.55. The van der Waals surface area contributed by atoms with E-state index in [0.717, 1.165) is 18.7 Å². The van der Waals surface area contributed by atoms with E-state index >= 15 is 0 Å². The average molecular weight is 272 g/mol. The van der Waals surface area contributed by atoms with Crippen molar-refractivity contribution >= 4 is 11.6 Å². The number of benzene rings is 1. The van der Waals surface area contributed by atoms with Gasteiger partial charge in [0, 0.05) is 11.1 Å². The third-order valence-corrected chi connectivity index (χ3v) is 2.89. The summed E-state index contributed by atoms with van der Waals surface area (Å²) in [7, 11) is 0. The van der Waals surface area contributed by atoms with Crippen LogP contribution in [0.5, 0.6) is 0 Å². The highest BCUT2D eigenvalue weighted by atomic mass is 35.5. The molecule has 0 unspecified atom stereocenters. The van der Waals surface area contributed by atoms with Gasteiger partial charge in [-0.1, -0.05) is 18.5 Å². The molecule has 2 aromatic rings. The fraction of sp³-hybridized carbons (Fsp3) is 0.231. The summed E-state index contributed by atoms with van der Waals surface area (Å²) in [5, 5.41) is 3.26. The molecule has 0 aliphatic rings. The summed E-state index contributed by atoms with van der Waals surface area (Å²) in [6.07, 6.45) is 1.50. The minimum atomic E-state index is -0.958. The van der Waals surface area contributed by atoms with E-state index in [0.29, 0.717) is 23.4 Å². The smallest absolute Gasteiger partial charge is 0.160 e. The zero-order chi connectivity index (χ0) is 13.1. The van der Waals surface area contributed by atoms with Crippen molar-refractivity contribution in [2.24, 2.45) is 0 Å². The molecule has 1 N–H and O–H groups in total. The lowest BCUT2D eigenvalue weighted by Crippen LogP contribution is -2.11. The van der Waals surface area contributed by atoms with Crippen LogP contribution in [0.15, 0.2) is 28.9 Å². The molecule has 5 heteroatoms. The van der Waals surface area contributed by atoms with E-state index in [1.807, 2.05) is 6.92 Å². The molecule has 0 aliphatic heterocycles. The molecule has 0 aliphatic carbocycles. The second-order valence-electron chi connectivity index (χ2n) is 3.78. The summed E-state index contributed by atoms with van der Waals surface area (Å²) in [6.45, 7) is 3.26. The summed E-state index contributed by atoms with van der Waals surface area (Å²) >= 11 is 5.93. The number of nitrogens with one attached hydrogen (secondary N) is 1. The number of hydrogen-bond donors (Lipinski definition) is 1. The Kier molecular flexibility index (Phi) is 3.99. The largest absolute Gasteiger partial charge is 0.467 e. The maximum Gasteiger partial charge on any atom is 0.160 e. The SMILES string of the molecule is CCNCc1occc1-c1cc(F)c(F)cc1Cl. The number of hydrogen-bond acceptors (Lipinski definition) is 2. The van der Waals surface area contributed by atoms with Gasteiger partial charge < -0.3 is 9.73 Å². The number of furan rings is 1. The highest BCUT2D eigenvalue weighted by Crippen LogP contribution is 2.32. The quantitative estimate of drug-likeness (QED) is 0.851. The molecule has 96 valence electrons. The van der Waals surface area contributed by atoms with E-state index in [1.54, 1.807) is 6.07 Å². The van der Waals surface area contributed by atoms with Gasteiger partial charge in [0.1, 0.15) is 5.76 Å². The van der Waals surface area contributed by atoms with Crippen LogP contribution >= 0.6 is 11.6 Å². The lowest BCUT2D eigenvalue weighted by molar-refractivity contribution is 0.488. The first-order chi connectivity index (χ1) is 8.63. The molecule has 0 bridgehead atoms. The summed E-state index contributed by atoms with van der Waals surface area (Å²) in [4.78, 5) is 0. The van der Waals surface area contributed by atoms with Crippen molar-refractivity contribution in [3.63, 3.8) is 0 Å². The van der Waals surface area contributed by atoms with E-state index in [2.05, 4.69) is 5.32 Å². The highest BCUT2D eigenvalue weighted by molar-refractivity contribution is 6.33. The van der Waals surface area contributed by atoms with Gasteiger partial charge in [-0.05, 0) is 24.7 Å². The van der Waals surface area contributed by atoms with Gasteiger partial charge in [0.05, 0.1) is 17.8 Å². The Labute approximate surface area is 109 Å². The Morgan fingerprint density at radius 3 is 2.67 bits per heavy atom. The second kappa shape index (κ2) is 5.50. The van der Waals surface area contributed by atoms with Gasteiger partial charge >= 0.3 is 0 Å². The van der Waals surface area contributed by atoms with Crippen molar-refractivity contribution in [2.75, 3.05) is 6.54 Å². The molecule has 0 fully saturated rings. The Hall–Kier alpha value is -1.39. The summed E-state index contributed by atoms with van der Waals surface area (Å²) in [5.74, 6) is -1.24. The Bertz CT molecular complexity index is 554. The second-order valence-corrected chi connectivity index (χ2v) is 4.19. The minimum absolute atomic E-state index is 0.160. The molecule has 1 aromatic carbocycles. The van der Waals surface area contributed by atoms with Crippen LogP contribution in [0.3, 0.4) is 0 Å². The van der Waals surface area contributed by atoms with Crippen molar-refractivity contribution in [2.45, 2.75) is 13.5 Å². The standard InChI is InChI=1S/C13H12ClF2NO/c1-2-17-7-13-8(3-4-18-13)9-5-11(15)12(16)6-10(9)14/h3-6,17H,2,7H2,1H3. The van der Waals surface area contributed by atoms with Crippen molar-refractivity contribution < 1.29 is 13.2 Å². The van der Waals surface area contributed by atoms with Crippen LogP contribution in [0, 0.1) is 11.6 Å². The van der Waals surface area contributed by atoms with Gasteiger partial charge in [0.25, 0.3) is 0 Å². The monoisotopic (exact) mass is 271 g/mol. The highest BCUT2D eigenvalue weighted by Gasteiger charge is 2.15. The van der Waals surface area contributed by atoms with E-state index in [1.165, 1.54) is 6.26 Å². The molecule has 2 nitrogen and oxygen atoms in total. The van der Waals surface area contributed by atoms with Gasteiger partial charge in [0.15, 0.2) is 11.6 Å². The minimum Gasteiger partial charge on any atom is -0.467 e. The van der Waals surface area contributed by atoms with Crippen molar-refractivity contribution in [1.82, 2.24) is 5.32 Å². The molecule has 1 aromatic heterocycles. The predicted octanol–water partition coefficient (Wildman–Crippen LogP) is 3.99. The summed E-state index contributed by atoms with van der Waals surface area (Å²) < 4.78 is 31.6. The first kappa shape index (κ1) is 13.1. The van der Waals surface area contributed by atoms with Gasteiger partial charge in [-0.3, -0.25) is 0 Å². The molecular weight excluding hydrogens is 260 g/mol. The maximum atomic E-state index is 13.3. The maximum absolute atomic E-state index is 13.3. The third-order valence-electron chi connectivity index (χ3n) is 2.58. The molecule has 0 saturated carbocycles. The zero-order valence-electron chi connectivity index (χ0n) is 9.77. The fourth-order valence-electron chi connectivity index (χ4n) is 1.68. The molecule has 1 heterocycles. The van der Waals surface area contributed by atoms with Crippen LogP contribution in [0.1, 0.15) is 12.7 Å². The topological polar surface area (TPSA) is 25.2 Å². The molecule has 2 rings (SSSR count). The van der Waals surface area contributed by atoms with E-state index < -0.39 is 11.6 Å². The Morgan fingerprint density at radius 2 is 1.94 bits per heavy atom. The lowest BCUT2D eigenvalue weighted by atomic mass is 10.1. The number of halogens is 3. The van der Waals surface area contributed by atoms with Crippen molar-refractivity contribution in [3.8, 4) is 11.1 Å². The normalized spacial score (nSPS) is 10.9. The summed E-state index contributed by atoms with van der Waals surface area (Å²) in [6, 6.07) is 3.74. The fourth-order valence-corrected chi connectivity index (χ4v) is 1.94. The van der Waals surface area contributed by atoms with Crippen LogP contribution < -0.4 is 5.32 Å². The van der Waals surface area contributed by atoms with Crippen molar-refractivity contribution in [3.05, 3.63) is 46.9 Å². The van der Waals surface area contributed by atoms with E-state index in [-0.39, 0.29) is 5.02 Å². The predicted molar refractivity (Wildman–Crippen MR) is 66.5 cm³/mol. The van der Waals surface area contributed by atoms with E-state index in [4.69, 9.17) is 16.0 Å². The molecule has 0 amide bonds. The zero-order valence-corrected chi connectivity index (χ0v) is 10.5. The van der Waals surface area contributed by atoms with E-state index in [9.17, 15) is 8.78 Å².